The van der Waals surface area contributed by atoms with Gasteiger partial charge in [-0.2, -0.15) is 0 Å². The van der Waals surface area contributed by atoms with E-state index in [9.17, 15) is 0 Å². The normalized spacial score (nSPS) is 10.7. The van der Waals surface area contributed by atoms with Crippen molar-refractivity contribution in [1.29, 1.82) is 0 Å². The fourth-order valence-corrected chi connectivity index (χ4v) is 4.23. The van der Waals surface area contributed by atoms with Gasteiger partial charge in [0, 0.05) is 9.79 Å². The highest BCUT2D eigenvalue weighted by Gasteiger charge is 2.08. The van der Waals surface area contributed by atoms with Gasteiger partial charge in [-0.1, -0.05) is 96.7 Å². The lowest BCUT2D eigenvalue weighted by molar-refractivity contribution is 1.26. The molecule has 0 fully saturated rings. The highest BCUT2D eigenvalue weighted by Crippen LogP contribution is 2.37. The minimum Gasteiger partial charge on any atom is -0.0895 e. The summed E-state index contributed by atoms with van der Waals surface area (Å²) in [6.45, 7) is 4.38. The number of hydrogen-bond acceptors (Lipinski definition) is 1. The van der Waals surface area contributed by atoms with E-state index in [4.69, 9.17) is 0 Å². The molecule has 0 radical (unpaired) electrons. The molecule has 0 aliphatic rings. The third-order valence-electron chi connectivity index (χ3n) is 4.81. The largest absolute Gasteiger partial charge is 0.0895 e. The molecule has 0 saturated heterocycles. The Balaban J connectivity index is 1.70. The van der Waals surface area contributed by atoms with Gasteiger partial charge in [-0.05, 0) is 59.4 Å². The van der Waals surface area contributed by atoms with Gasteiger partial charge in [0.15, 0.2) is 0 Å². The van der Waals surface area contributed by atoms with E-state index < -0.39 is 0 Å². The van der Waals surface area contributed by atoms with E-state index in [1.807, 2.05) is 11.8 Å². The molecule has 4 aromatic rings. The van der Waals surface area contributed by atoms with Crippen LogP contribution in [0.3, 0.4) is 0 Å². The van der Waals surface area contributed by atoms with Gasteiger partial charge in [0.25, 0.3) is 0 Å². The van der Waals surface area contributed by atoms with Crippen molar-refractivity contribution in [2.75, 3.05) is 0 Å². The molecule has 0 heterocycles. The molecule has 0 aliphatic carbocycles. The maximum atomic E-state index is 2.31. The minimum atomic E-state index is 1.26. The monoisotopic (exact) mass is 366 g/mol. The van der Waals surface area contributed by atoms with Crippen LogP contribution in [0.15, 0.2) is 107 Å². The molecule has 0 unspecified atom stereocenters. The summed E-state index contributed by atoms with van der Waals surface area (Å²) in [4.78, 5) is 2.62. The third-order valence-corrected chi connectivity index (χ3v) is 6.13. The standard InChI is InChI=1S/C26H22S/c1-19-13-15-23(21-9-5-3-6-10-21)17-25(19)27-26-18-24(16-14-20(26)2)22-11-7-4-8-12-22/h3-18H,1-2H3. The Morgan fingerprint density at radius 2 is 0.852 bits per heavy atom. The van der Waals surface area contributed by atoms with Crippen LogP contribution in [0, 0.1) is 13.8 Å². The Kier molecular flexibility index (Phi) is 5.13. The SMILES string of the molecule is Cc1ccc(-c2ccccc2)cc1Sc1cc(-c2ccccc2)ccc1C. The highest BCUT2D eigenvalue weighted by atomic mass is 32.2. The maximum absolute atomic E-state index is 2.31. The van der Waals surface area contributed by atoms with E-state index >= 15 is 0 Å². The van der Waals surface area contributed by atoms with Gasteiger partial charge < -0.3 is 0 Å². The van der Waals surface area contributed by atoms with E-state index in [2.05, 4.69) is 111 Å². The fourth-order valence-electron chi connectivity index (χ4n) is 3.16. The second kappa shape index (κ2) is 7.85. The topological polar surface area (TPSA) is 0 Å². The molecule has 4 rings (SSSR count). The molecule has 0 saturated carbocycles. The van der Waals surface area contributed by atoms with Crippen molar-refractivity contribution >= 4 is 11.8 Å². The van der Waals surface area contributed by atoms with Crippen LogP contribution in [0.2, 0.25) is 0 Å². The molecule has 0 aliphatic heterocycles. The first-order valence-corrected chi connectivity index (χ1v) is 10.0. The molecule has 0 nitrogen and oxygen atoms in total. The molecule has 0 atom stereocenters. The Labute approximate surface area is 165 Å². The summed E-state index contributed by atoms with van der Waals surface area (Å²) in [5.74, 6) is 0. The Bertz CT molecular complexity index is 963. The summed E-state index contributed by atoms with van der Waals surface area (Å²) in [7, 11) is 0. The Morgan fingerprint density at radius 1 is 0.444 bits per heavy atom. The molecule has 27 heavy (non-hydrogen) atoms. The smallest absolute Gasteiger partial charge is 0.0157 e. The second-order valence-electron chi connectivity index (χ2n) is 6.79. The first-order chi connectivity index (χ1) is 13.2. The number of aryl methyl sites for hydroxylation is 2. The summed E-state index contributed by atoms with van der Waals surface area (Å²) in [6, 6.07) is 34.6. The summed E-state index contributed by atoms with van der Waals surface area (Å²) in [5.41, 5.74) is 7.66. The van der Waals surface area contributed by atoms with Crippen molar-refractivity contribution in [3.8, 4) is 22.3 Å². The van der Waals surface area contributed by atoms with Gasteiger partial charge in [0.1, 0.15) is 0 Å². The zero-order valence-electron chi connectivity index (χ0n) is 15.6. The van der Waals surface area contributed by atoms with Gasteiger partial charge >= 0.3 is 0 Å². The van der Waals surface area contributed by atoms with E-state index in [0.717, 1.165) is 0 Å². The van der Waals surface area contributed by atoms with Gasteiger partial charge in [-0.15, -0.1) is 0 Å². The zero-order chi connectivity index (χ0) is 18.6. The van der Waals surface area contributed by atoms with Crippen molar-refractivity contribution in [1.82, 2.24) is 0 Å². The van der Waals surface area contributed by atoms with Gasteiger partial charge in [-0.25, -0.2) is 0 Å². The van der Waals surface area contributed by atoms with E-state index in [-0.39, 0.29) is 0 Å². The first-order valence-electron chi connectivity index (χ1n) is 9.21. The lowest BCUT2D eigenvalue weighted by atomic mass is 10.0. The van der Waals surface area contributed by atoms with Crippen LogP contribution in [0.4, 0.5) is 0 Å². The Morgan fingerprint density at radius 3 is 1.26 bits per heavy atom. The highest BCUT2D eigenvalue weighted by molar-refractivity contribution is 7.99. The average molecular weight is 367 g/mol. The van der Waals surface area contributed by atoms with Crippen LogP contribution < -0.4 is 0 Å². The molecular weight excluding hydrogens is 344 g/mol. The lowest BCUT2D eigenvalue weighted by Crippen LogP contribution is -1.87. The average Bonchev–Trinajstić information content (AvgIpc) is 2.72. The van der Waals surface area contributed by atoms with E-state index in [0.29, 0.717) is 0 Å². The quantitative estimate of drug-likeness (QED) is 0.355. The van der Waals surface area contributed by atoms with Crippen molar-refractivity contribution in [3.05, 3.63) is 108 Å². The molecule has 1 heteroatoms. The number of benzene rings is 4. The molecule has 4 aromatic carbocycles. The predicted molar refractivity (Wildman–Crippen MR) is 117 cm³/mol. The Hall–Kier alpha value is -2.77. The molecule has 0 N–H and O–H groups in total. The summed E-state index contributed by atoms with van der Waals surface area (Å²) in [6.07, 6.45) is 0. The van der Waals surface area contributed by atoms with Gasteiger partial charge in [0.2, 0.25) is 0 Å². The first kappa shape index (κ1) is 17.6. The molecule has 0 amide bonds. The number of rotatable bonds is 4. The van der Waals surface area contributed by atoms with Crippen LogP contribution >= 0.6 is 11.8 Å². The van der Waals surface area contributed by atoms with Crippen LogP contribution in [0.5, 0.6) is 0 Å². The molecule has 0 spiro atoms. The number of hydrogen-bond donors (Lipinski definition) is 0. The van der Waals surface area contributed by atoms with E-state index in [1.165, 1.54) is 43.2 Å². The molecule has 0 aromatic heterocycles. The van der Waals surface area contributed by atoms with Gasteiger partial charge in [-0.3, -0.25) is 0 Å². The molecular formula is C26H22S. The van der Waals surface area contributed by atoms with Crippen molar-refractivity contribution in [2.24, 2.45) is 0 Å². The summed E-state index contributed by atoms with van der Waals surface area (Å²) in [5, 5.41) is 0. The lowest BCUT2D eigenvalue weighted by Gasteiger charge is -2.12. The van der Waals surface area contributed by atoms with Crippen molar-refractivity contribution in [2.45, 2.75) is 23.6 Å². The zero-order valence-corrected chi connectivity index (χ0v) is 16.5. The summed E-state index contributed by atoms with van der Waals surface area (Å²) >= 11 is 1.86. The molecule has 132 valence electrons. The minimum absolute atomic E-state index is 1.26. The third kappa shape index (κ3) is 3.99. The van der Waals surface area contributed by atoms with E-state index in [1.54, 1.807) is 0 Å². The predicted octanol–water partition coefficient (Wildman–Crippen LogP) is 7.79. The van der Waals surface area contributed by atoms with Gasteiger partial charge in [0.05, 0.1) is 0 Å². The van der Waals surface area contributed by atoms with Crippen LogP contribution in [-0.2, 0) is 0 Å². The maximum Gasteiger partial charge on any atom is 0.0157 e. The molecule has 0 bridgehead atoms. The second-order valence-corrected chi connectivity index (χ2v) is 7.88. The van der Waals surface area contributed by atoms with Crippen molar-refractivity contribution in [3.63, 3.8) is 0 Å². The van der Waals surface area contributed by atoms with Crippen LogP contribution in [0.25, 0.3) is 22.3 Å². The van der Waals surface area contributed by atoms with Crippen molar-refractivity contribution < 1.29 is 0 Å². The van der Waals surface area contributed by atoms with Crippen LogP contribution in [0.1, 0.15) is 11.1 Å². The fraction of sp³-hybridized carbons (Fsp3) is 0.0769. The summed E-state index contributed by atoms with van der Waals surface area (Å²) < 4.78 is 0. The van der Waals surface area contributed by atoms with Crippen LogP contribution in [-0.4, -0.2) is 0 Å².